The van der Waals surface area contributed by atoms with Gasteiger partial charge in [0.2, 0.25) is 11.8 Å². The first-order valence-corrected chi connectivity index (χ1v) is 11.1. The van der Waals surface area contributed by atoms with Crippen molar-refractivity contribution < 1.29 is 18.7 Å². The van der Waals surface area contributed by atoms with Crippen LogP contribution in [0.15, 0.2) is 59.0 Å². The van der Waals surface area contributed by atoms with E-state index in [0.29, 0.717) is 43.8 Å². The summed E-state index contributed by atoms with van der Waals surface area (Å²) in [6.07, 6.45) is 1.73. The van der Waals surface area contributed by atoms with Crippen LogP contribution in [0.1, 0.15) is 30.2 Å². The Bertz CT molecular complexity index is 1060. The van der Waals surface area contributed by atoms with Gasteiger partial charge >= 0.3 is 0 Å². The van der Waals surface area contributed by atoms with Crippen LogP contribution in [0.25, 0.3) is 11.5 Å². The van der Waals surface area contributed by atoms with Crippen molar-refractivity contribution in [3.8, 4) is 17.2 Å². The summed E-state index contributed by atoms with van der Waals surface area (Å²) in [5, 5.41) is 8.72. The largest absolute Gasteiger partial charge is 0.484 e. The fraction of sp³-hybridized carbons (Fsp3) is 0.400. The lowest BCUT2D eigenvalue weighted by molar-refractivity contribution is -0.133. The van der Waals surface area contributed by atoms with E-state index >= 15 is 0 Å². The number of aromatic nitrogens is 2. The van der Waals surface area contributed by atoms with Crippen molar-refractivity contribution in [2.24, 2.45) is 5.41 Å². The molecule has 2 aliphatic heterocycles. The van der Waals surface area contributed by atoms with Crippen LogP contribution >= 0.6 is 0 Å². The highest BCUT2D eigenvalue weighted by molar-refractivity contribution is 5.78. The Labute approximate surface area is 187 Å². The molecule has 1 atom stereocenters. The maximum atomic E-state index is 13.0. The van der Waals surface area contributed by atoms with E-state index in [4.69, 9.17) is 13.9 Å². The molecule has 0 N–H and O–H groups in total. The predicted molar refractivity (Wildman–Crippen MR) is 118 cm³/mol. The minimum Gasteiger partial charge on any atom is -0.484 e. The molecule has 7 nitrogen and oxygen atoms in total. The molecule has 0 saturated carbocycles. The van der Waals surface area contributed by atoms with E-state index in [1.165, 1.54) is 5.56 Å². The summed E-state index contributed by atoms with van der Waals surface area (Å²) in [4.78, 5) is 14.9. The fourth-order valence-corrected chi connectivity index (χ4v) is 4.72. The number of para-hydroxylation sites is 1. The van der Waals surface area contributed by atoms with Gasteiger partial charge in [0.1, 0.15) is 5.75 Å². The molecule has 2 aliphatic rings. The second-order valence-corrected chi connectivity index (χ2v) is 8.71. The molecule has 166 valence electrons. The van der Waals surface area contributed by atoms with Gasteiger partial charge in [0.05, 0.1) is 5.92 Å². The summed E-state index contributed by atoms with van der Waals surface area (Å²) in [6, 6.07) is 17.4. The van der Waals surface area contributed by atoms with E-state index in [0.717, 1.165) is 18.4 Å². The number of hydrogen-bond donors (Lipinski definition) is 0. The number of carbonyl (C=O) groups is 1. The number of carbonyl (C=O) groups excluding carboxylic acids is 1. The van der Waals surface area contributed by atoms with Crippen molar-refractivity contribution >= 4 is 5.91 Å². The summed E-state index contributed by atoms with van der Waals surface area (Å²) in [5.74, 6) is 1.76. The maximum absolute atomic E-state index is 13.0. The molecule has 7 heteroatoms. The lowest BCUT2D eigenvalue weighted by Gasteiger charge is -2.36. The topological polar surface area (TPSA) is 77.7 Å². The monoisotopic (exact) mass is 433 g/mol. The van der Waals surface area contributed by atoms with Gasteiger partial charge in [0.15, 0.2) is 6.61 Å². The van der Waals surface area contributed by atoms with Crippen LogP contribution in [0.3, 0.4) is 0 Å². The molecule has 1 amide bonds. The molecular weight excluding hydrogens is 406 g/mol. The first-order chi connectivity index (χ1) is 15.6. The summed E-state index contributed by atoms with van der Waals surface area (Å²) in [7, 11) is 0. The highest BCUT2D eigenvalue weighted by Gasteiger charge is 2.51. The van der Waals surface area contributed by atoms with Crippen molar-refractivity contribution in [1.82, 2.24) is 15.1 Å². The number of hydrogen-bond acceptors (Lipinski definition) is 6. The smallest absolute Gasteiger partial charge is 0.260 e. The zero-order valence-corrected chi connectivity index (χ0v) is 18.2. The van der Waals surface area contributed by atoms with Gasteiger partial charge < -0.3 is 18.8 Å². The molecule has 0 radical (unpaired) electrons. The lowest BCUT2D eigenvalue weighted by Crippen LogP contribution is -2.38. The van der Waals surface area contributed by atoms with Crippen molar-refractivity contribution in [1.29, 1.82) is 0 Å². The third kappa shape index (κ3) is 4.12. The Morgan fingerprint density at radius 3 is 2.59 bits per heavy atom. The molecule has 2 saturated heterocycles. The number of amides is 1. The first kappa shape index (κ1) is 20.7. The van der Waals surface area contributed by atoms with Gasteiger partial charge in [-0.2, -0.15) is 0 Å². The molecule has 0 bridgehead atoms. The second-order valence-electron chi connectivity index (χ2n) is 8.71. The van der Waals surface area contributed by atoms with Crippen LogP contribution in [-0.2, 0) is 9.53 Å². The zero-order valence-electron chi connectivity index (χ0n) is 18.2. The van der Waals surface area contributed by atoms with Gasteiger partial charge in [-0.15, -0.1) is 10.2 Å². The summed E-state index contributed by atoms with van der Waals surface area (Å²) in [5.41, 5.74) is 1.97. The molecule has 5 rings (SSSR count). The number of ether oxygens (including phenoxy) is 2. The van der Waals surface area contributed by atoms with Gasteiger partial charge in [-0.1, -0.05) is 35.9 Å². The Balaban J connectivity index is 1.35. The van der Waals surface area contributed by atoms with Crippen LogP contribution < -0.4 is 4.74 Å². The Morgan fingerprint density at radius 1 is 1.09 bits per heavy atom. The second kappa shape index (κ2) is 8.74. The first-order valence-electron chi connectivity index (χ1n) is 11.1. The van der Waals surface area contributed by atoms with E-state index < -0.39 is 0 Å². The third-order valence-corrected chi connectivity index (χ3v) is 6.63. The molecule has 1 spiro atoms. The number of nitrogens with zero attached hydrogens (tertiary/aromatic N) is 3. The Morgan fingerprint density at radius 2 is 1.84 bits per heavy atom. The van der Waals surface area contributed by atoms with Gasteiger partial charge in [-0.3, -0.25) is 4.79 Å². The lowest BCUT2D eigenvalue weighted by atomic mass is 9.72. The van der Waals surface area contributed by atoms with E-state index in [2.05, 4.69) is 10.2 Å². The van der Waals surface area contributed by atoms with Crippen LogP contribution in [-0.4, -0.2) is 53.9 Å². The third-order valence-electron chi connectivity index (χ3n) is 6.63. The van der Waals surface area contributed by atoms with E-state index in [1.54, 1.807) is 0 Å². The predicted octanol–water partition coefficient (Wildman–Crippen LogP) is 3.85. The zero-order chi connectivity index (χ0) is 22.0. The van der Waals surface area contributed by atoms with E-state index in [-0.39, 0.29) is 23.8 Å². The average molecular weight is 434 g/mol. The van der Waals surface area contributed by atoms with Crippen molar-refractivity contribution in [3.05, 3.63) is 66.1 Å². The number of likely N-dealkylation sites (tertiary alicyclic amines) is 1. The molecule has 3 aromatic rings. The van der Waals surface area contributed by atoms with Gasteiger partial charge in [0, 0.05) is 37.3 Å². The van der Waals surface area contributed by atoms with Crippen molar-refractivity contribution in [2.45, 2.75) is 25.7 Å². The molecule has 2 fully saturated rings. The minimum atomic E-state index is -0.113. The highest BCUT2D eigenvalue weighted by atomic mass is 16.5. The summed E-state index contributed by atoms with van der Waals surface area (Å²) >= 11 is 0. The summed E-state index contributed by atoms with van der Waals surface area (Å²) < 4.78 is 17.5. The number of rotatable bonds is 5. The molecule has 1 unspecified atom stereocenters. The van der Waals surface area contributed by atoms with E-state index in [1.807, 2.05) is 66.4 Å². The normalized spacial score (nSPS) is 19.9. The molecular formula is C25H27N3O4. The maximum Gasteiger partial charge on any atom is 0.260 e. The molecule has 0 aliphatic carbocycles. The minimum absolute atomic E-state index is 0.0150. The molecule has 32 heavy (non-hydrogen) atoms. The Hall–Kier alpha value is -3.19. The summed E-state index contributed by atoms with van der Waals surface area (Å²) in [6.45, 7) is 4.62. The van der Waals surface area contributed by atoms with Crippen molar-refractivity contribution in [2.75, 3.05) is 32.9 Å². The van der Waals surface area contributed by atoms with Gasteiger partial charge in [-0.25, -0.2) is 0 Å². The van der Waals surface area contributed by atoms with Crippen LogP contribution in [0, 0.1) is 12.3 Å². The quantitative estimate of drug-likeness (QED) is 0.608. The molecule has 3 heterocycles. The van der Waals surface area contributed by atoms with E-state index in [9.17, 15) is 4.79 Å². The SMILES string of the molecule is Cc1ccc(-c2nnc(C3CN(C(=O)COc4ccccc4)CC34CCOCC4)o2)cc1. The standard InChI is InChI=1S/C25H27N3O4/c1-18-7-9-19(10-8-18)23-26-27-24(32-23)21-15-28(17-25(21)11-13-30-14-12-25)22(29)16-31-20-5-3-2-4-6-20/h2-10,21H,11-17H2,1H3. The van der Waals surface area contributed by atoms with Crippen LogP contribution in [0.4, 0.5) is 0 Å². The van der Waals surface area contributed by atoms with Crippen LogP contribution in [0.5, 0.6) is 5.75 Å². The van der Waals surface area contributed by atoms with Gasteiger partial charge in [-0.05, 0) is 44.0 Å². The average Bonchev–Trinajstić information content (AvgIpc) is 3.45. The van der Waals surface area contributed by atoms with Crippen molar-refractivity contribution in [3.63, 3.8) is 0 Å². The molecule has 1 aromatic heterocycles. The Kier molecular flexibility index (Phi) is 5.66. The number of aryl methyl sites for hydroxylation is 1. The molecule has 2 aromatic carbocycles. The van der Waals surface area contributed by atoms with Gasteiger partial charge in [0.25, 0.3) is 5.91 Å². The highest BCUT2D eigenvalue weighted by Crippen LogP contribution is 2.49. The fourth-order valence-electron chi connectivity index (χ4n) is 4.72. The van der Waals surface area contributed by atoms with Crippen LogP contribution in [0.2, 0.25) is 0 Å². The number of benzene rings is 2.